The fourth-order valence-electron chi connectivity index (χ4n) is 3.23. The molecule has 1 aromatic carbocycles. The van der Waals surface area contributed by atoms with E-state index in [0.717, 1.165) is 36.4 Å². The third-order valence-corrected chi connectivity index (χ3v) is 4.34. The van der Waals surface area contributed by atoms with Crippen LogP contribution in [0.5, 0.6) is 0 Å². The van der Waals surface area contributed by atoms with Crippen LogP contribution >= 0.6 is 0 Å². The van der Waals surface area contributed by atoms with Crippen molar-refractivity contribution >= 4 is 17.0 Å². The summed E-state index contributed by atoms with van der Waals surface area (Å²) in [5, 5.41) is 19.5. The summed E-state index contributed by atoms with van der Waals surface area (Å²) in [5.41, 5.74) is 2.25. The van der Waals surface area contributed by atoms with E-state index in [1.165, 1.54) is 0 Å². The van der Waals surface area contributed by atoms with Gasteiger partial charge in [-0.1, -0.05) is 12.1 Å². The highest BCUT2D eigenvalue weighted by molar-refractivity contribution is 5.81. The number of piperidine rings is 1. The van der Waals surface area contributed by atoms with Gasteiger partial charge in [0, 0.05) is 19.3 Å². The molecule has 1 unspecified atom stereocenters. The number of hydrogen-bond acceptors (Lipinski definition) is 5. The minimum Gasteiger partial charge on any atom is -0.391 e. The van der Waals surface area contributed by atoms with E-state index in [9.17, 15) is 10.4 Å². The van der Waals surface area contributed by atoms with Crippen molar-refractivity contribution in [2.24, 2.45) is 0 Å². The molecule has 24 heavy (non-hydrogen) atoms. The van der Waals surface area contributed by atoms with Crippen molar-refractivity contribution in [3.63, 3.8) is 0 Å². The second-order valence-corrected chi connectivity index (χ2v) is 5.96. The van der Waals surface area contributed by atoms with Gasteiger partial charge in [0.2, 0.25) is 5.95 Å². The van der Waals surface area contributed by atoms with Crippen LogP contribution in [-0.4, -0.2) is 38.8 Å². The highest BCUT2D eigenvalue weighted by atomic mass is 16.3. The summed E-state index contributed by atoms with van der Waals surface area (Å²) >= 11 is 0. The largest absolute Gasteiger partial charge is 0.391 e. The average molecular weight is 319 g/mol. The minimum atomic E-state index is -0.355. The van der Waals surface area contributed by atoms with E-state index < -0.39 is 0 Å². The molecule has 3 aromatic rings. The Kier molecular flexibility index (Phi) is 3.63. The van der Waals surface area contributed by atoms with Gasteiger partial charge in [0.1, 0.15) is 6.07 Å². The molecule has 3 heterocycles. The molecule has 1 aliphatic rings. The summed E-state index contributed by atoms with van der Waals surface area (Å²) in [6.07, 6.45) is 3.05. The molecule has 1 atom stereocenters. The number of aliphatic hydroxyl groups is 1. The average Bonchev–Trinajstić information content (AvgIpc) is 3.01. The lowest BCUT2D eigenvalue weighted by Crippen LogP contribution is -2.39. The van der Waals surface area contributed by atoms with E-state index in [1.807, 2.05) is 28.8 Å². The van der Waals surface area contributed by atoms with Crippen LogP contribution in [0.4, 0.5) is 5.95 Å². The number of para-hydroxylation sites is 2. The van der Waals surface area contributed by atoms with Crippen molar-refractivity contribution in [1.82, 2.24) is 14.5 Å². The molecule has 2 aromatic heterocycles. The maximum Gasteiger partial charge on any atom is 0.212 e. The van der Waals surface area contributed by atoms with Gasteiger partial charge in [-0.15, -0.1) is 0 Å². The van der Waals surface area contributed by atoms with Crippen molar-refractivity contribution in [3.05, 3.63) is 48.2 Å². The van der Waals surface area contributed by atoms with Crippen LogP contribution in [-0.2, 0) is 0 Å². The quantitative estimate of drug-likeness (QED) is 0.784. The number of rotatable bonds is 2. The molecule has 1 aliphatic heterocycles. The SMILES string of the molecule is N#Cc1cccnc1-n1c(N2CCCC(O)C2)nc2ccccc21. The second kappa shape index (κ2) is 5.95. The highest BCUT2D eigenvalue weighted by Gasteiger charge is 2.25. The smallest absolute Gasteiger partial charge is 0.212 e. The number of aliphatic hydroxyl groups excluding tert-OH is 1. The number of anilines is 1. The number of imidazole rings is 1. The van der Waals surface area contributed by atoms with Crippen molar-refractivity contribution in [2.75, 3.05) is 18.0 Å². The maximum absolute atomic E-state index is 10.0. The zero-order valence-corrected chi connectivity index (χ0v) is 13.1. The van der Waals surface area contributed by atoms with Crippen LogP contribution in [0.25, 0.3) is 16.9 Å². The first kappa shape index (κ1) is 14.7. The van der Waals surface area contributed by atoms with E-state index in [1.54, 1.807) is 18.3 Å². The summed E-state index contributed by atoms with van der Waals surface area (Å²) in [7, 11) is 0. The van der Waals surface area contributed by atoms with Crippen LogP contribution in [0.15, 0.2) is 42.6 Å². The normalized spacial score (nSPS) is 17.8. The van der Waals surface area contributed by atoms with Crippen molar-refractivity contribution in [1.29, 1.82) is 5.26 Å². The first-order valence-electron chi connectivity index (χ1n) is 8.04. The van der Waals surface area contributed by atoms with Gasteiger partial charge in [0.25, 0.3) is 0 Å². The van der Waals surface area contributed by atoms with Gasteiger partial charge in [-0.2, -0.15) is 5.26 Å². The van der Waals surface area contributed by atoms with Gasteiger partial charge in [-0.05, 0) is 37.1 Å². The molecule has 1 fully saturated rings. The zero-order chi connectivity index (χ0) is 16.5. The number of fused-ring (bicyclic) bond motifs is 1. The summed E-state index contributed by atoms with van der Waals surface area (Å²) in [5.74, 6) is 1.30. The number of hydrogen-bond donors (Lipinski definition) is 1. The van der Waals surface area contributed by atoms with E-state index in [-0.39, 0.29) is 6.10 Å². The molecule has 0 radical (unpaired) electrons. The molecular formula is C18H17N5O. The van der Waals surface area contributed by atoms with Gasteiger partial charge >= 0.3 is 0 Å². The monoisotopic (exact) mass is 319 g/mol. The van der Waals surface area contributed by atoms with Gasteiger partial charge in [0.05, 0.1) is 22.7 Å². The first-order valence-corrected chi connectivity index (χ1v) is 8.04. The van der Waals surface area contributed by atoms with Crippen LogP contribution in [0.1, 0.15) is 18.4 Å². The fraction of sp³-hybridized carbons (Fsp3) is 0.278. The lowest BCUT2D eigenvalue weighted by Gasteiger charge is -2.31. The predicted molar refractivity (Wildman–Crippen MR) is 91.0 cm³/mol. The van der Waals surface area contributed by atoms with E-state index in [2.05, 4.69) is 16.0 Å². The summed E-state index contributed by atoms with van der Waals surface area (Å²) in [6.45, 7) is 1.37. The van der Waals surface area contributed by atoms with Crippen LogP contribution in [0.3, 0.4) is 0 Å². The standard InChI is InChI=1S/C18H17N5O/c19-11-13-5-3-9-20-17(13)23-16-8-2-1-7-15(16)21-18(23)22-10-4-6-14(24)12-22/h1-3,5,7-9,14,24H,4,6,10,12H2. The lowest BCUT2D eigenvalue weighted by molar-refractivity contribution is 0.153. The van der Waals surface area contributed by atoms with Crippen molar-refractivity contribution in [3.8, 4) is 11.9 Å². The van der Waals surface area contributed by atoms with Gasteiger partial charge < -0.3 is 10.0 Å². The zero-order valence-electron chi connectivity index (χ0n) is 13.1. The molecule has 1 N–H and O–H groups in total. The first-order chi connectivity index (χ1) is 11.8. The summed E-state index contributed by atoms with van der Waals surface area (Å²) in [6, 6.07) is 13.5. The molecule has 0 bridgehead atoms. The van der Waals surface area contributed by atoms with Crippen molar-refractivity contribution < 1.29 is 5.11 Å². The molecule has 0 amide bonds. The molecule has 0 saturated carbocycles. The Bertz CT molecular complexity index is 927. The third-order valence-electron chi connectivity index (χ3n) is 4.34. The molecule has 4 rings (SSSR count). The molecule has 120 valence electrons. The third kappa shape index (κ3) is 2.39. The van der Waals surface area contributed by atoms with E-state index >= 15 is 0 Å². The highest BCUT2D eigenvalue weighted by Crippen LogP contribution is 2.29. The molecule has 6 nitrogen and oxygen atoms in total. The predicted octanol–water partition coefficient (Wildman–Crippen LogP) is 2.25. The van der Waals surface area contributed by atoms with E-state index in [4.69, 9.17) is 4.98 Å². The van der Waals surface area contributed by atoms with Crippen LogP contribution in [0, 0.1) is 11.3 Å². The number of β-amino-alcohol motifs (C(OH)–C–C–N with tert-alkyl or cyclic N) is 1. The summed E-state index contributed by atoms with van der Waals surface area (Å²) < 4.78 is 1.92. The Morgan fingerprint density at radius 2 is 2.08 bits per heavy atom. The molecule has 6 heteroatoms. The molecule has 0 aliphatic carbocycles. The Balaban J connectivity index is 1.96. The number of nitriles is 1. The Hall–Kier alpha value is -2.91. The number of nitrogens with zero attached hydrogens (tertiary/aromatic N) is 5. The molecule has 1 saturated heterocycles. The Morgan fingerprint density at radius 3 is 2.92 bits per heavy atom. The number of benzene rings is 1. The van der Waals surface area contributed by atoms with Gasteiger partial charge in [-0.3, -0.25) is 4.57 Å². The Labute approximate surface area is 139 Å². The topological polar surface area (TPSA) is 78.0 Å². The second-order valence-electron chi connectivity index (χ2n) is 5.96. The van der Waals surface area contributed by atoms with Gasteiger partial charge in [0.15, 0.2) is 5.82 Å². The van der Waals surface area contributed by atoms with Crippen LogP contribution < -0.4 is 4.90 Å². The van der Waals surface area contributed by atoms with Gasteiger partial charge in [-0.25, -0.2) is 9.97 Å². The fourth-order valence-corrected chi connectivity index (χ4v) is 3.23. The maximum atomic E-state index is 10.0. The summed E-state index contributed by atoms with van der Waals surface area (Å²) in [4.78, 5) is 11.3. The van der Waals surface area contributed by atoms with E-state index in [0.29, 0.717) is 17.9 Å². The van der Waals surface area contributed by atoms with Crippen molar-refractivity contribution in [2.45, 2.75) is 18.9 Å². The Morgan fingerprint density at radius 1 is 1.21 bits per heavy atom. The minimum absolute atomic E-state index is 0.355. The van der Waals surface area contributed by atoms with Crippen LogP contribution in [0.2, 0.25) is 0 Å². The molecular weight excluding hydrogens is 302 g/mol. The number of aromatic nitrogens is 3. The molecule has 0 spiro atoms. The lowest BCUT2D eigenvalue weighted by atomic mass is 10.1. The number of pyridine rings is 1.